The molecule has 1 rings (SSSR count). The Labute approximate surface area is 49.4 Å². The number of rotatable bonds is 0. The molecule has 1 heterocycles. The van der Waals surface area contributed by atoms with E-state index in [1.807, 2.05) is 6.92 Å². The second-order valence-corrected chi connectivity index (χ2v) is 3.77. The molecule has 4 heteroatoms. The van der Waals surface area contributed by atoms with Crippen molar-refractivity contribution in [3.63, 3.8) is 0 Å². The lowest BCUT2D eigenvalue weighted by atomic mass is 10.9. The second-order valence-electron chi connectivity index (χ2n) is 1.15. The Morgan fingerprint density at radius 3 is 2.71 bits per heavy atom. The first-order valence-electron chi connectivity index (χ1n) is 1.80. The van der Waals surface area contributed by atoms with Crippen LogP contribution in [-0.2, 0) is 0 Å². The van der Waals surface area contributed by atoms with Crippen molar-refractivity contribution in [1.82, 2.24) is 10.2 Å². The van der Waals surface area contributed by atoms with E-state index in [4.69, 9.17) is 0 Å². The van der Waals surface area contributed by atoms with Crippen LogP contribution >= 0.6 is 21.2 Å². The highest BCUT2D eigenvalue weighted by molar-refractivity contribution is 8.33. The fraction of sp³-hybridized carbons (Fsp3) is 0.333. The predicted molar refractivity (Wildman–Crippen MR) is 33.6 cm³/mol. The molecule has 7 heavy (non-hydrogen) atoms. The molecule has 1 atom stereocenters. The number of aryl methyl sites for hydroxylation is 1. The standard InChI is InChI=1S/C3H5N2S2/c1-3-5-4-2-7(3)6/h2,6H,1H3/q+1. The largest absolute Gasteiger partial charge is 0.271 e. The molecule has 0 aromatic carbocycles. The van der Waals surface area contributed by atoms with Crippen LogP contribution in [0.3, 0.4) is 0 Å². The number of aromatic nitrogens is 2. The summed E-state index contributed by atoms with van der Waals surface area (Å²) in [6, 6.07) is 0. The first kappa shape index (κ1) is 5.05. The summed E-state index contributed by atoms with van der Waals surface area (Å²) >= 11 is 4.14. The molecule has 2 nitrogen and oxygen atoms in total. The van der Waals surface area contributed by atoms with E-state index in [1.165, 1.54) is 0 Å². The number of hydrogen-bond acceptors (Lipinski definition) is 3. The van der Waals surface area contributed by atoms with Crippen molar-refractivity contribution < 1.29 is 0 Å². The van der Waals surface area contributed by atoms with Gasteiger partial charge in [-0.25, -0.2) is 0 Å². The molecule has 0 aliphatic carbocycles. The summed E-state index contributed by atoms with van der Waals surface area (Å²) in [7, 11) is -0.0648. The lowest BCUT2D eigenvalue weighted by Crippen LogP contribution is -1.65. The van der Waals surface area contributed by atoms with Crippen LogP contribution in [0.2, 0.25) is 0 Å². The van der Waals surface area contributed by atoms with Crippen molar-refractivity contribution in [2.75, 3.05) is 0 Å². The van der Waals surface area contributed by atoms with Crippen LogP contribution in [0.1, 0.15) is 5.01 Å². The maximum Gasteiger partial charge on any atom is 0.271 e. The molecular formula is C3H5N2S2+. The summed E-state index contributed by atoms with van der Waals surface area (Å²) in [5.74, 6) is 0. The smallest absolute Gasteiger partial charge is 0.0968 e. The molecule has 0 radical (unpaired) electrons. The Bertz CT molecular complexity index is 143. The van der Waals surface area contributed by atoms with Gasteiger partial charge in [0.1, 0.15) is 11.7 Å². The van der Waals surface area contributed by atoms with Gasteiger partial charge in [0.05, 0.1) is 9.50 Å². The average Bonchev–Trinajstić information content (AvgIpc) is 1.91. The van der Waals surface area contributed by atoms with E-state index in [0.717, 1.165) is 5.01 Å². The molecule has 1 unspecified atom stereocenters. The number of hydrogen-bond donors (Lipinski definition) is 1. The van der Waals surface area contributed by atoms with E-state index >= 15 is 0 Å². The third-order valence-electron chi connectivity index (χ3n) is 0.648. The summed E-state index contributed by atoms with van der Waals surface area (Å²) in [5.41, 5.74) is 1.73. The molecule has 0 aliphatic rings. The molecule has 1 aromatic rings. The molecule has 1 aromatic heterocycles. The van der Waals surface area contributed by atoms with Crippen molar-refractivity contribution in [2.24, 2.45) is 0 Å². The lowest BCUT2D eigenvalue weighted by molar-refractivity contribution is 1.05. The predicted octanol–water partition coefficient (Wildman–Crippen LogP) is 1.23. The molecule has 0 bridgehead atoms. The van der Waals surface area contributed by atoms with Gasteiger partial charge < -0.3 is 0 Å². The van der Waals surface area contributed by atoms with Gasteiger partial charge in [-0.1, -0.05) is 10.2 Å². The zero-order valence-corrected chi connectivity index (χ0v) is 5.54. The van der Waals surface area contributed by atoms with Crippen LogP contribution in [0.25, 0.3) is 0 Å². The van der Waals surface area contributed by atoms with Gasteiger partial charge in [0.15, 0.2) is 0 Å². The molecule has 38 valence electrons. The Morgan fingerprint density at radius 1 is 1.86 bits per heavy atom. The summed E-state index contributed by atoms with van der Waals surface area (Å²) in [6.07, 6.45) is 0. The van der Waals surface area contributed by atoms with Crippen LogP contribution in [-0.4, -0.2) is 10.2 Å². The monoisotopic (exact) mass is 133 g/mol. The van der Waals surface area contributed by atoms with E-state index in [1.54, 1.807) is 5.51 Å². The van der Waals surface area contributed by atoms with Crippen LogP contribution in [0.4, 0.5) is 0 Å². The highest BCUT2D eigenvalue weighted by Crippen LogP contribution is 2.21. The highest BCUT2D eigenvalue weighted by atomic mass is 33.1. The van der Waals surface area contributed by atoms with Gasteiger partial charge in [0.2, 0.25) is 0 Å². The van der Waals surface area contributed by atoms with Gasteiger partial charge in [-0.15, -0.1) is 0 Å². The third kappa shape index (κ3) is 0.920. The summed E-state index contributed by atoms with van der Waals surface area (Å²) in [5, 5.41) is 8.39. The van der Waals surface area contributed by atoms with Gasteiger partial charge in [0.25, 0.3) is 10.5 Å². The minimum atomic E-state index is -0.0648. The molecule has 0 saturated heterocycles. The fourth-order valence-electron chi connectivity index (χ4n) is 0.268. The van der Waals surface area contributed by atoms with Crippen molar-refractivity contribution >= 4 is 21.2 Å². The maximum atomic E-state index is 4.14. The first-order valence-corrected chi connectivity index (χ1v) is 4.14. The van der Waals surface area contributed by atoms with Gasteiger partial charge in [-0.05, 0) is 0 Å². The van der Waals surface area contributed by atoms with Crippen molar-refractivity contribution in [3.05, 3.63) is 10.5 Å². The topological polar surface area (TPSA) is 25.8 Å². The first-order chi connectivity index (χ1) is 3.30. The summed E-state index contributed by atoms with van der Waals surface area (Å²) < 4.78 is 0. The molecule has 0 saturated carbocycles. The molecular weight excluding hydrogens is 128 g/mol. The Hall–Kier alpha value is -0.0900. The van der Waals surface area contributed by atoms with Crippen molar-refractivity contribution in [1.29, 1.82) is 0 Å². The molecule has 0 aliphatic heterocycles. The van der Waals surface area contributed by atoms with E-state index in [0.29, 0.717) is 0 Å². The zero-order valence-electron chi connectivity index (χ0n) is 3.83. The molecule has 0 N–H and O–H groups in total. The number of nitrogens with zero attached hydrogens (tertiary/aromatic N) is 2. The quantitative estimate of drug-likeness (QED) is 0.327. The summed E-state index contributed by atoms with van der Waals surface area (Å²) in [6.45, 7) is 1.92. The number of thiol groups is 1. The van der Waals surface area contributed by atoms with E-state index in [2.05, 4.69) is 21.9 Å². The maximum absolute atomic E-state index is 4.14. The van der Waals surface area contributed by atoms with Crippen LogP contribution in [0.15, 0.2) is 5.51 Å². The van der Waals surface area contributed by atoms with Crippen LogP contribution in [0.5, 0.6) is 0 Å². The van der Waals surface area contributed by atoms with E-state index in [9.17, 15) is 0 Å². The SMILES string of the molecule is Cc1nnc[s+]1S. The van der Waals surface area contributed by atoms with Gasteiger partial charge >= 0.3 is 0 Å². The minimum absolute atomic E-state index is 0.0648. The fourth-order valence-corrected chi connectivity index (χ4v) is 0.923. The normalized spacial score (nSPS) is 12.0. The van der Waals surface area contributed by atoms with E-state index in [-0.39, 0.29) is 9.50 Å². The van der Waals surface area contributed by atoms with Gasteiger partial charge in [0, 0.05) is 6.92 Å². The third-order valence-corrected chi connectivity index (χ3v) is 2.70. The van der Waals surface area contributed by atoms with Gasteiger partial charge in [-0.2, -0.15) is 0 Å². The lowest BCUT2D eigenvalue weighted by Gasteiger charge is -1.62. The zero-order chi connectivity index (χ0) is 5.28. The molecule has 0 amide bonds. The Balaban J connectivity index is 3.12. The van der Waals surface area contributed by atoms with Crippen LogP contribution < -0.4 is 0 Å². The highest BCUT2D eigenvalue weighted by Gasteiger charge is 2.03. The average molecular weight is 133 g/mol. The minimum Gasteiger partial charge on any atom is -0.0968 e. The second kappa shape index (κ2) is 1.79. The summed E-state index contributed by atoms with van der Waals surface area (Å²) in [4.78, 5) is 0. The van der Waals surface area contributed by atoms with Gasteiger partial charge in [-0.3, -0.25) is 0 Å². The van der Waals surface area contributed by atoms with Crippen LogP contribution in [0, 0.1) is 6.92 Å². The Morgan fingerprint density at radius 2 is 2.57 bits per heavy atom. The molecule has 0 fully saturated rings. The van der Waals surface area contributed by atoms with Crippen molar-refractivity contribution in [3.8, 4) is 0 Å². The van der Waals surface area contributed by atoms with E-state index < -0.39 is 0 Å². The van der Waals surface area contributed by atoms with Crippen molar-refractivity contribution in [2.45, 2.75) is 6.92 Å². The molecule has 0 spiro atoms. The Kier molecular flexibility index (Phi) is 1.30.